The Labute approximate surface area is 124 Å². The summed E-state index contributed by atoms with van der Waals surface area (Å²) in [5.41, 5.74) is -0.646. The molecule has 7 heteroatoms. The maximum absolute atomic E-state index is 12.1. The van der Waals surface area contributed by atoms with Gasteiger partial charge in [-0.05, 0) is 33.6 Å². The van der Waals surface area contributed by atoms with Gasteiger partial charge in [0.15, 0.2) is 0 Å². The molecule has 0 aromatic rings. The van der Waals surface area contributed by atoms with E-state index in [0.717, 1.165) is 0 Å². The highest BCUT2D eigenvalue weighted by atomic mass is 16.6. The van der Waals surface area contributed by atoms with Crippen LogP contribution in [0.1, 0.15) is 33.6 Å². The molecule has 1 heterocycles. The van der Waals surface area contributed by atoms with Gasteiger partial charge in [-0.15, -0.1) is 0 Å². The molecule has 0 bridgehead atoms. The van der Waals surface area contributed by atoms with E-state index in [4.69, 9.17) is 4.74 Å². The maximum Gasteiger partial charge on any atom is 0.408 e. The average Bonchev–Trinajstić information content (AvgIpc) is 2.35. The molecule has 0 aromatic heterocycles. The second kappa shape index (κ2) is 7.10. The molecule has 1 rings (SSSR count). The van der Waals surface area contributed by atoms with Gasteiger partial charge in [0.05, 0.1) is 7.11 Å². The van der Waals surface area contributed by atoms with Gasteiger partial charge in [0.25, 0.3) is 0 Å². The van der Waals surface area contributed by atoms with Crippen LogP contribution in [0.5, 0.6) is 0 Å². The van der Waals surface area contributed by atoms with Crippen LogP contribution < -0.4 is 10.6 Å². The van der Waals surface area contributed by atoms with Crippen LogP contribution in [0.25, 0.3) is 0 Å². The number of hydrogen-bond donors (Lipinski definition) is 2. The van der Waals surface area contributed by atoms with E-state index in [0.29, 0.717) is 12.8 Å². The Morgan fingerprint density at radius 3 is 2.48 bits per heavy atom. The van der Waals surface area contributed by atoms with Crippen molar-refractivity contribution in [3.63, 3.8) is 0 Å². The molecule has 0 aromatic carbocycles. The number of methoxy groups -OCH3 is 1. The molecule has 1 aliphatic rings. The first-order chi connectivity index (χ1) is 9.73. The molecule has 7 nitrogen and oxygen atoms in total. The quantitative estimate of drug-likeness (QED) is 0.583. The number of amides is 2. The fourth-order valence-electron chi connectivity index (χ4n) is 1.77. The van der Waals surface area contributed by atoms with Gasteiger partial charge in [0.2, 0.25) is 5.91 Å². The number of hydrogen-bond acceptors (Lipinski definition) is 5. The molecular formula is C14H22N2O5. The van der Waals surface area contributed by atoms with E-state index in [1.165, 1.54) is 7.11 Å². The molecule has 2 unspecified atom stereocenters. The third-order valence-electron chi connectivity index (χ3n) is 2.72. The van der Waals surface area contributed by atoms with Gasteiger partial charge >= 0.3 is 12.1 Å². The number of alkyl carbamates (subject to hydrolysis) is 1. The number of carbonyl (C=O) groups excluding carboxylic acids is 3. The Morgan fingerprint density at radius 2 is 1.90 bits per heavy atom. The van der Waals surface area contributed by atoms with Gasteiger partial charge in [-0.25, -0.2) is 9.59 Å². The number of esters is 1. The Bertz CT molecular complexity index is 439. The minimum absolute atomic E-state index is 0.332. The lowest BCUT2D eigenvalue weighted by molar-refractivity contribution is -0.145. The van der Waals surface area contributed by atoms with E-state index in [-0.39, 0.29) is 0 Å². The zero-order valence-corrected chi connectivity index (χ0v) is 12.8. The van der Waals surface area contributed by atoms with Crippen LogP contribution in [0, 0.1) is 0 Å². The molecule has 0 fully saturated rings. The van der Waals surface area contributed by atoms with Crippen molar-refractivity contribution in [2.24, 2.45) is 0 Å². The van der Waals surface area contributed by atoms with E-state index in [9.17, 15) is 14.4 Å². The summed E-state index contributed by atoms with van der Waals surface area (Å²) in [5, 5.41) is 5.05. The van der Waals surface area contributed by atoms with Gasteiger partial charge in [-0.1, -0.05) is 12.2 Å². The fourth-order valence-corrected chi connectivity index (χ4v) is 1.77. The topological polar surface area (TPSA) is 93.7 Å². The molecule has 0 saturated heterocycles. The van der Waals surface area contributed by atoms with Crippen LogP contribution in [0.3, 0.4) is 0 Å². The number of carbonyl (C=O) groups is 3. The summed E-state index contributed by atoms with van der Waals surface area (Å²) < 4.78 is 9.73. The van der Waals surface area contributed by atoms with Gasteiger partial charge in [-0.2, -0.15) is 0 Å². The standard InChI is InChI=1S/C14H22N2O5/c1-14(2,3)21-13(19)16-9-7-5-6-8-10(12(18)20-4)15-11(9)17/h5-6,9-10H,7-8H2,1-4H3,(H,15,17)(H,16,19)/b6-5-. The Hall–Kier alpha value is -2.05. The molecule has 118 valence electrons. The SMILES string of the molecule is COC(=O)C1C/C=C\CC(NC(=O)OC(C)(C)C)C(=O)N1. The van der Waals surface area contributed by atoms with Crippen molar-refractivity contribution in [2.75, 3.05) is 7.11 Å². The summed E-state index contributed by atoms with van der Waals surface area (Å²) in [6.45, 7) is 5.20. The van der Waals surface area contributed by atoms with Gasteiger partial charge < -0.3 is 20.1 Å². The Balaban J connectivity index is 2.69. The van der Waals surface area contributed by atoms with E-state index < -0.39 is 35.7 Å². The zero-order chi connectivity index (χ0) is 16.0. The normalized spacial score (nSPS) is 24.1. The van der Waals surface area contributed by atoms with E-state index >= 15 is 0 Å². The predicted octanol–water partition coefficient (Wildman–Crippen LogP) is 0.887. The van der Waals surface area contributed by atoms with Crippen molar-refractivity contribution in [1.29, 1.82) is 0 Å². The molecule has 2 N–H and O–H groups in total. The van der Waals surface area contributed by atoms with Crippen LogP contribution in [0.15, 0.2) is 12.2 Å². The molecule has 2 atom stereocenters. The second-order valence-electron chi connectivity index (χ2n) is 5.73. The van der Waals surface area contributed by atoms with Crippen molar-refractivity contribution in [3.8, 4) is 0 Å². The summed E-state index contributed by atoms with van der Waals surface area (Å²) in [4.78, 5) is 35.3. The van der Waals surface area contributed by atoms with Crippen LogP contribution in [-0.2, 0) is 19.1 Å². The van der Waals surface area contributed by atoms with E-state index in [1.807, 2.05) is 0 Å². The highest BCUT2D eigenvalue weighted by Crippen LogP contribution is 2.09. The minimum Gasteiger partial charge on any atom is -0.467 e. The zero-order valence-electron chi connectivity index (χ0n) is 12.8. The van der Waals surface area contributed by atoms with Crippen LogP contribution in [0.2, 0.25) is 0 Å². The summed E-state index contributed by atoms with van der Waals surface area (Å²) in [6.07, 6.45) is 3.53. The molecule has 21 heavy (non-hydrogen) atoms. The van der Waals surface area contributed by atoms with Crippen molar-refractivity contribution in [2.45, 2.75) is 51.3 Å². The van der Waals surface area contributed by atoms with Crippen molar-refractivity contribution >= 4 is 18.0 Å². The Kier molecular flexibility index (Phi) is 5.75. The summed E-state index contributed by atoms with van der Waals surface area (Å²) in [7, 11) is 1.26. The first kappa shape index (κ1) is 17.0. The number of ether oxygens (including phenoxy) is 2. The van der Waals surface area contributed by atoms with Crippen LogP contribution >= 0.6 is 0 Å². The second-order valence-corrected chi connectivity index (χ2v) is 5.73. The summed E-state index contributed by atoms with van der Waals surface area (Å²) in [6, 6.07) is -1.54. The van der Waals surface area contributed by atoms with Crippen molar-refractivity contribution in [3.05, 3.63) is 12.2 Å². The maximum atomic E-state index is 12.1. The van der Waals surface area contributed by atoms with Gasteiger partial charge in [0, 0.05) is 0 Å². The lowest BCUT2D eigenvalue weighted by Gasteiger charge is -2.25. The molecule has 0 aliphatic carbocycles. The largest absolute Gasteiger partial charge is 0.467 e. The summed E-state index contributed by atoms with van der Waals surface area (Å²) >= 11 is 0. The van der Waals surface area contributed by atoms with Gasteiger partial charge in [-0.3, -0.25) is 4.79 Å². The van der Waals surface area contributed by atoms with E-state index in [1.54, 1.807) is 32.9 Å². The fraction of sp³-hybridized carbons (Fsp3) is 0.643. The molecule has 2 amide bonds. The van der Waals surface area contributed by atoms with E-state index in [2.05, 4.69) is 15.4 Å². The summed E-state index contributed by atoms with van der Waals surface area (Å²) in [5.74, 6) is -0.966. The van der Waals surface area contributed by atoms with Crippen LogP contribution in [0.4, 0.5) is 4.79 Å². The van der Waals surface area contributed by atoms with Crippen LogP contribution in [-0.4, -0.2) is 42.8 Å². The first-order valence-corrected chi connectivity index (χ1v) is 6.75. The predicted molar refractivity (Wildman–Crippen MR) is 75.5 cm³/mol. The lowest BCUT2D eigenvalue weighted by atomic mass is 10.1. The molecule has 1 aliphatic heterocycles. The number of rotatable bonds is 2. The highest BCUT2D eigenvalue weighted by Gasteiger charge is 2.28. The third kappa shape index (κ3) is 5.85. The Morgan fingerprint density at radius 1 is 1.29 bits per heavy atom. The van der Waals surface area contributed by atoms with Gasteiger partial charge in [0.1, 0.15) is 17.7 Å². The number of nitrogens with one attached hydrogen (secondary N) is 2. The lowest BCUT2D eigenvalue weighted by Crippen LogP contribution is -2.52. The molecule has 0 saturated carbocycles. The monoisotopic (exact) mass is 298 g/mol. The minimum atomic E-state index is -0.788. The average molecular weight is 298 g/mol. The molecular weight excluding hydrogens is 276 g/mol. The van der Waals surface area contributed by atoms with Crippen molar-refractivity contribution in [1.82, 2.24) is 10.6 Å². The van der Waals surface area contributed by atoms with Crippen molar-refractivity contribution < 1.29 is 23.9 Å². The smallest absolute Gasteiger partial charge is 0.408 e. The highest BCUT2D eigenvalue weighted by molar-refractivity contribution is 5.90. The first-order valence-electron chi connectivity index (χ1n) is 6.75. The molecule has 0 spiro atoms. The molecule has 0 radical (unpaired) electrons. The third-order valence-corrected chi connectivity index (χ3v) is 2.72.